The second-order valence-corrected chi connectivity index (χ2v) is 5.15. The lowest BCUT2D eigenvalue weighted by molar-refractivity contribution is -0.0212. The first kappa shape index (κ1) is 17.8. The summed E-state index contributed by atoms with van der Waals surface area (Å²) < 4.78 is 22.5. The second kappa shape index (κ2) is 7.16. The highest BCUT2D eigenvalue weighted by atomic mass is 19.1. The molecule has 22 heavy (non-hydrogen) atoms. The Morgan fingerprint density at radius 3 is 2.18 bits per heavy atom. The van der Waals surface area contributed by atoms with Crippen LogP contribution in [0.3, 0.4) is 0 Å². The molecule has 0 aliphatic carbocycles. The minimum atomic E-state index is -0.444. The summed E-state index contributed by atoms with van der Waals surface area (Å²) in [5.74, 6) is -0.225. The van der Waals surface area contributed by atoms with E-state index in [1.165, 1.54) is 12.1 Å². The number of alkyl halides is 1. The van der Waals surface area contributed by atoms with Gasteiger partial charge in [-0.2, -0.15) is 0 Å². The van der Waals surface area contributed by atoms with Crippen LogP contribution in [0.5, 0.6) is 0 Å². The lowest BCUT2D eigenvalue weighted by Crippen LogP contribution is -2.24. The number of fused-ring (bicyclic) bond motifs is 1. The number of benzene rings is 2. The van der Waals surface area contributed by atoms with Crippen LogP contribution in [0.25, 0.3) is 11.1 Å². The van der Waals surface area contributed by atoms with E-state index in [0.29, 0.717) is 7.18 Å². The van der Waals surface area contributed by atoms with E-state index in [1.807, 2.05) is 26.0 Å². The number of hydrogen-bond acceptors (Lipinski definition) is 2. The summed E-state index contributed by atoms with van der Waals surface area (Å²) in [6.07, 6.45) is 1.72. The van der Waals surface area contributed by atoms with E-state index in [2.05, 4.69) is 11.2 Å². The van der Waals surface area contributed by atoms with Crippen molar-refractivity contribution in [2.24, 2.45) is 5.16 Å². The highest BCUT2D eigenvalue weighted by molar-refractivity contribution is 5.84. The predicted octanol–water partition coefficient (Wildman–Crippen LogP) is 5.31. The molecule has 0 saturated carbocycles. The third-order valence-electron chi connectivity index (χ3n) is 3.35. The number of rotatable bonds is 1. The van der Waals surface area contributed by atoms with E-state index in [9.17, 15) is 8.78 Å². The van der Waals surface area contributed by atoms with Crippen LogP contribution in [0.1, 0.15) is 32.4 Å². The summed E-state index contributed by atoms with van der Waals surface area (Å²) in [6.45, 7) is 3.97. The normalized spacial score (nSPS) is 13.9. The van der Waals surface area contributed by atoms with Gasteiger partial charge in [0.1, 0.15) is 5.82 Å². The van der Waals surface area contributed by atoms with Gasteiger partial charge in [-0.05, 0) is 43.2 Å². The molecule has 1 heterocycles. The average Bonchev–Trinajstić information content (AvgIpc) is 2.50. The Labute approximate surface area is 130 Å². The van der Waals surface area contributed by atoms with E-state index in [0.717, 1.165) is 22.3 Å². The first-order valence-electron chi connectivity index (χ1n) is 6.56. The fourth-order valence-corrected chi connectivity index (χ4v) is 2.28. The van der Waals surface area contributed by atoms with Crippen molar-refractivity contribution in [3.63, 3.8) is 0 Å². The molecule has 2 nitrogen and oxygen atoms in total. The minimum absolute atomic E-state index is 0. The van der Waals surface area contributed by atoms with E-state index in [4.69, 9.17) is 4.84 Å². The van der Waals surface area contributed by atoms with Crippen LogP contribution in [0.4, 0.5) is 8.78 Å². The van der Waals surface area contributed by atoms with Crippen molar-refractivity contribution in [2.75, 3.05) is 7.18 Å². The van der Waals surface area contributed by atoms with Crippen molar-refractivity contribution in [3.8, 4) is 11.1 Å². The maximum Gasteiger partial charge on any atom is 0.157 e. The summed E-state index contributed by atoms with van der Waals surface area (Å²) in [5, 5.41) is 3.91. The topological polar surface area (TPSA) is 21.6 Å². The Kier molecular flexibility index (Phi) is 5.80. The van der Waals surface area contributed by atoms with Gasteiger partial charge in [0.05, 0.1) is 13.4 Å². The van der Waals surface area contributed by atoms with Crippen LogP contribution < -0.4 is 0 Å². The molecule has 4 heteroatoms. The highest BCUT2D eigenvalue weighted by Gasteiger charge is 2.28. The first-order valence-corrected chi connectivity index (χ1v) is 6.56. The van der Waals surface area contributed by atoms with Crippen molar-refractivity contribution in [3.05, 3.63) is 59.4 Å². The molecule has 0 N–H and O–H groups in total. The zero-order chi connectivity index (χ0) is 15.5. The molecule has 0 bridgehead atoms. The molecule has 0 spiro atoms. The SMILES string of the molecule is C.CC1(C)ON=Cc2ccc(-c3ccc(F)cc3)cc21.CF. The maximum absolute atomic E-state index is 13.0. The number of nitrogens with zero attached hydrogens (tertiary/aromatic N) is 1. The molecule has 0 unspecified atom stereocenters. The largest absolute Gasteiger partial charge is 0.385 e. The van der Waals surface area contributed by atoms with Crippen LogP contribution in [0.2, 0.25) is 0 Å². The minimum Gasteiger partial charge on any atom is -0.385 e. The average molecular weight is 305 g/mol. The van der Waals surface area contributed by atoms with E-state index >= 15 is 0 Å². The van der Waals surface area contributed by atoms with Crippen LogP contribution in [-0.2, 0) is 10.4 Å². The molecule has 0 radical (unpaired) electrons. The molecule has 1 aliphatic rings. The molecule has 118 valence electrons. The Morgan fingerprint density at radius 2 is 1.55 bits per heavy atom. The van der Waals surface area contributed by atoms with Crippen molar-refractivity contribution in [2.45, 2.75) is 26.9 Å². The van der Waals surface area contributed by atoms with Crippen molar-refractivity contribution in [1.29, 1.82) is 0 Å². The highest BCUT2D eigenvalue weighted by Crippen LogP contribution is 2.33. The van der Waals surface area contributed by atoms with Gasteiger partial charge in [0.2, 0.25) is 0 Å². The molecule has 2 aromatic rings. The molecule has 1 aliphatic heterocycles. The fourth-order valence-electron chi connectivity index (χ4n) is 2.28. The smallest absolute Gasteiger partial charge is 0.157 e. The van der Waals surface area contributed by atoms with Gasteiger partial charge in [-0.25, -0.2) is 4.39 Å². The standard InChI is InChI=1S/C16H14FNO.CH3F.CH4/c1-16(2)15-9-12(3-4-13(15)10-18-19-16)11-5-7-14(17)8-6-11;1-2;/h3-10H,1-2H3;1H3;1H4. The Hall–Kier alpha value is -2.23. The molecule has 0 amide bonds. The van der Waals surface area contributed by atoms with Gasteiger partial charge in [0.25, 0.3) is 0 Å². The molecule has 0 aromatic heterocycles. The van der Waals surface area contributed by atoms with Crippen molar-refractivity contribution in [1.82, 2.24) is 0 Å². The molecule has 3 rings (SSSR count). The van der Waals surface area contributed by atoms with Crippen LogP contribution >= 0.6 is 0 Å². The number of hydrogen-bond donors (Lipinski definition) is 0. The summed E-state index contributed by atoms with van der Waals surface area (Å²) in [6, 6.07) is 12.6. The van der Waals surface area contributed by atoms with Gasteiger partial charge < -0.3 is 4.84 Å². The zero-order valence-electron chi connectivity index (χ0n) is 12.2. The van der Waals surface area contributed by atoms with E-state index in [1.54, 1.807) is 18.3 Å². The Morgan fingerprint density at radius 1 is 0.955 bits per heavy atom. The van der Waals surface area contributed by atoms with Gasteiger partial charge >= 0.3 is 0 Å². The van der Waals surface area contributed by atoms with Gasteiger partial charge in [-0.3, -0.25) is 4.39 Å². The zero-order valence-corrected chi connectivity index (χ0v) is 12.2. The molecule has 0 atom stereocenters. The Balaban J connectivity index is 0.000000775. The van der Waals surface area contributed by atoms with Crippen LogP contribution in [-0.4, -0.2) is 13.4 Å². The molecular weight excluding hydrogens is 284 g/mol. The van der Waals surface area contributed by atoms with Crippen LogP contribution in [0.15, 0.2) is 47.6 Å². The molecule has 0 saturated heterocycles. The first-order chi connectivity index (χ1) is 10.1. The van der Waals surface area contributed by atoms with Crippen LogP contribution in [0, 0.1) is 5.82 Å². The van der Waals surface area contributed by atoms with Gasteiger partial charge in [0, 0.05) is 11.1 Å². The van der Waals surface area contributed by atoms with E-state index in [-0.39, 0.29) is 13.2 Å². The van der Waals surface area contributed by atoms with Crippen molar-refractivity contribution >= 4 is 6.21 Å². The number of oxime groups is 1. The van der Waals surface area contributed by atoms with Gasteiger partial charge in [0.15, 0.2) is 5.60 Å². The molecular formula is C18H21F2NO. The summed E-state index contributed by atoms with van der Waals surface area (Å²) in [4.78, 5) is 5.41. The fraction of sp³-hybridized carbons (Fsp3) is 0.278. The summed E-state index contributed by atoms with van der Waals surface area (Å²) in [5.41, 5.74) is 3.74. The molecule has 2 aromatic carbocycles. The Bertz CT molecular complexity index is 649. The third-order valence-corrected chi connectivity index (χ3v) is 3.35. The third kappa shape index (κ3) is 3.50. The number of halogens is 2. The van der Waals surface area contributed by atoms with Crippen molar-refractivity contribution < 1.29 is 13.6 Å². The lowest BCUT2D eigenvalue weighted by Gasteiger charge is -2.28. The maximum atomic E-state index is 13.0. The van der Waals surface area contributed by atoms with Gasteiger partial charge in [-0.15, -0.1) is 0 Å². The second-order valence-electron chi connectivity index (χ2n) is 5.15. The van der Waals surface area contributed by atoms with Gasteiger partial charge in [-0.1, -0.05) is 36.8 Å². The molecule has 0 fully saturated rings. The monoisotopic (exact) mass is 305 g/mol. The summed E-state index contributed by atoms with van der Waals surface area (Å²) in [7, 11) is 0.500. The lowest BCUT2D eigenvalue weighted by atomic mass is 9.89. The predicted molar refractivity (Wildman–Crippen MR) is 87.3 cm³/mol. The quantitative estimate of drug-likeness (QED) is 0.699. The van der Waals surface area contributed by atoms with E-state index < -0.39 is 5.60 Å². The summed E-state index contributed by atoms with van der Waals surface area (Å²) >= 11 is 0.